The normalized spacial score (nSPS) is 16.9. The zero-order valence-electron chi connectivity index (χ0n) is 20.1. The summed E-state index contributed by atoms with van der Waals surface area (Å²) in [5, 5.41) is 13.2. The number of rotatable bonds is 6. The first kappa shape index (κ1) is 23.2. The van der Waals surface area contributed by atoms with Gasteiger partial charge in [0.25, 0.3) is 0 Å². The van der Waals surface area contributed by atoms with Gasteiger partial charge in [0.15, 0.2) is 0 Å². The quantitative estimate of drug-likeness (QED) is 0.500. The number of hydrogen-bond donors (Lipinski definition) is 2. The van der Waals surface area contributed by atoms with Gasteiger partial charge in [0.2, 0.25) is 11.8 Å². The predicted molar refractivity (Wildman–Crippen MR) is 137 cm³/mol. The molecule has 2 fully saturated rings. The van der Waals surface area contributed by atoms with Gasteiger partial charge in [-0.15, -0.1) is 0 Å². The number of piperidine rings is 1. The molecule has 1 saturated heterocycles. The fourth-order valence-corrected chi connectivity index (χ4v) is 5.68. The molecule has 0 unspecified atom stereocenters. The number of aromatic nitrogens is 1. The van der Waals surface area contributed by atoms with Gasteiger partial charge in [0.05, 0.1) is 11.6 Å². The van der Waals surface area contributed by atoms with E-state index in [4.69, 9.17) is 5.26 Å². The molecule has 180 valence electrons. The van der Waals surface area contributed by atoms with E-state index >= 15 is 0 Å². The third-order valence-electron chi connectivity index (χ3n) is 7.65. The van der Waals surface area contributed by atoms with Gasteiger partial charge in [-0.2, -0.15) is 5.26 Å². The zero-order valence-corrected chi connectivity index (χ0v) is 20.1. The van der Waals surface area contributed by atoms with E-state index in [1.807, 2.05) is 30.3 Å². The number of hydrogen-bond acceptors (Lipinski definition) is 3. The maximum absolute atomic E-state index is 12.8. The molecule has 1 aromatic heterocycles. The number of nitriles is 1. The molecule has 2 aromatic carbocycles. The molecule has 2 heterocycles. The second-order valence-corrected chi connectivity index (χ2v) is 9.95. The Balaban J connectivity index is 1.20. The van der Waals surface area contributed by atoms with Gasteiger partial charge >= 0.3 is 0 Å². The highest BCUT2D eigenvalue weighted by Crippen LogP contribution is 2.35. The summed E-state index contributed by atoms with van der Waals surface area (Å²) in [7, 11) is 0. The molecule has 2 N–H and O–H groups in total. The maximum atomic E-state index is 12.8. The molecule has 2 amide bonds. The van der Waals surface area contributed by atoms with Crippen molar-refractivity contribution in [2.24, 2.45) is 5.92 Å². The number of nitrogens with one attached hydrogen (secondary N) is 2. The summed E-state index contributed by atoms with van der Waals surface area (Å²) in [5.74, 6) is 0.989. The van der Waals surface area contributed by atoms with Crippen molar-refractivity contribution in [3.05, 3.63) is 65.4 Å². The van der Waals surface area contributed by atoms with Crippen LogP contribution in [-0.4, -0.2) is 34.8 Å². The molecule has 35 heavy (non-hydrogen) atoms. The summed E-state index contributed by atoms with van der Waals surface area (Å²) < 4.78 is 0. The minimum Gasteiger partial charge on any atom is -0.361 e. The number of carbonyl (C=O) groups is 2. The molecule has 3 aromatic rings. The van der Waals surface area contributed by atoms with E-state index in [1.54, 1.807) is 6.07 Å². The number of H-pyrrole nitrogens is 1. The number of anilines is 1. The van der Waals surface area contributed by atoms with Crippen LogP contribution in [-0.2, 0) is 16.0 Å². The smallest absolute Gasteiger partial charge is 0.225 e. The molecule has 2 aliphatic rings. The minimum absolute atomic E-state index is 0.0393. The second-order valence-electron chi connectivity index (χ2n) is 9.95. The molecular formula is C29H32N4O2. The lowest BCUT2D eigenvalue weighted by Crippen LogP contribution is -2.40. The number of carbonyl (C=O) groups excluding carboxylic acids is 2. The average Bonchev–Trinajstić information content (AvgIpc) is 3.58. The van der Waals surface area contributed by atoms with Gasteiger partial charge in [-0.05, 0) is 79.5 Å². The Labute approximate surface area is 206 Å². The average molecular weight is 469 g/mol. The van der Waals surface area contributed by atoms with Crippen LogP contribution in [0.2, 0.25) is 0 Å². The first-order chi connectivity index (χ1) is 17.1. The summed E-state index contributed by atoms with van der Waals surface area (Å²) >= 11 is 0. The molecule has 1 saturated carbocycles. The second kappa shape index (κ2) is 10.4. The number of amides is 2. The molecule has 6 nitrogen and oxygen atoms in total. The third kappa shape index (κ3) is 5.24. The summed E-state index contributed by atoms with van der Waals surface area (Å²) in [5.41, 5.74) is 4.73. The molecular weight excluding hydrogens is 436 g/mol. The van der Waals surface area contributed by atoms with Crippen LogP contribution in [0, 0.1) is 17.2 Å². The first-order valence-corrected chi connectivity index (χ1v) is 12.8. The van der Waals surface area contributed by atoms with Crippen LogP contribution >= 0.6 is 0 Å². The van der Waals surface area contributed by atoms with Gasteiger partial charge in [-0.25, -0.2) is 0 Å². The molecule has 0 radical (unpaired) electrons. The zero-order chi connectivity index (χ0) is 24.2. The van der Waals surface area contributed by atoms with Crippen LogP contribution in [0.3, 0.4) is 0 Å². The van der Waals surface area contributed by atoms with E-state index < -0.39 is 0 Å². The Morgan fingerprint density at radius 3 is 2.63 bits per heavy atom. The predicted octanol–water partition coefficient (Wildman–Crippen LogP) is 5.51. The number of fused-ring (bicyclic) bond motifs is 1. The molecule has 0 atom stereocenters. The summed E-state index contributed by atoms with van der Waals surface area (Å²) in [4.78, 5) is 30.8. The van der Waals surface area contributed by atoms with Gasteiger partial charge in [0, 0.05) is 48.2 Å². The van der Waals surface area contributed by atoms with E-state index in [9.17, 15) is 9.59 Å². The Morgan fingerprint density at radius 2 is 1.86 bits per heavy atom. The van der Waals surface area contributed by atoms with Crippen molar-refractivity contribution < 1.29 is 9.59 Å². The van der Waals surface area contributed by atoms with Crippen molar-refractivity contribution in [2.45, 2.75) is 57.3 Å². The van der Waals surface area contributed by atoms with Gasteiger partial charge in [-0.3, -0.25) is 9.59 Å². The van der Waals surface area contributed by atoms with E-state index in [2.05, 4.69) is 33.5 Å². The lowest BCUT2D eigenvalue weighted by molar-refractivity contribution is -0.136. The number of nitrogens with zero attached hydrogens (tertiary/aromatic N) is 2. The van der Waals surface area contributed by atoms with Crippen LogP contribution < -0.4 is 5.32 Å². The third-order valence-corrected chi connectivity index (χ3v) is 7.65. The van der Waals surface area contributed by atoms with Crippen molar-refractivity contribution in [3.8, 4) is 6.07 Å². The fourth-order valence-electron chi connectivity index (χ4n) is 5.68. The largest absolute Gasteiger partial charge is 0.361 e. The summed E-state index contributed by atoms with van der Waals surface area (Å²) in [6, 6.07) is 15.5. The standard InChI is InChI=1S/C29H32N4O2/c30-18-21-5-3-4-20(16-21)8-11-28(34)32-24-9-10-27-25(17-24)26(19-31-27)22-12-14-33(15-13-22)29(35)23-6-1-2-7-23/h3-5,9-10,16-17,19,22-23,31H,1-2,6-8,11-15H2,(H,32,34). The topological polar surface area (TPSA) is 89.0 Å². The van der Waals surface area contributed by atoms with Crippen LogP contribution in [0.1, 0.15) is 67.6 Å². The molecule has 1 aliphatic carbocycles. The maximum Gasteiger partial charge on any atom is 0.225 e. The Bertz CT molecular complexity index is 1260. The lowest BCUT2D eigenvalue weighted by Gasteiger charge is -2.33. The van der Waals surface area contributed by atoms with Crippen LogP contribution in [0.15, 0.2) is 48.7 Å². The monoisotopic (exact) mass is 468 g/mol. The van der Waals surface area contributed by atoms with Crippen molar-refractivity contribution in [2.75, 3.05) is 18.4 Å². The van der Waals surface area contributed by atoms with Crippen molar-refractivity contribution in [1.29, 1.82) is 5.26 Å². The summed E-state index contributed by atoms with van der Waals surface area (Å²) in [6.07, 6.45) is 9.50. The van der Waals surface area contributed by atoms with Crippen LogP contribution in [0.25, 0.3) is 10.9 Å². The van der Waals surface area contributed by atoms with Crippen molar-refractivity contribution >= 4 is 28.4 Å². The number of benzene rings is 2. The molecule has 5 rings (SSSR count). The van der Waals surface area contributed by atoms with Crippen LogP contribution in [0.4, 0.5) is 5.69 Å². The molecule has 0 spiro atoms. The van der Waals surface area contributed by atoms with Gasteiger partial charge in [0.1, 0.15) is 0 Å². The Morgan fingerprint density at radius 1 is 1.06 bits per heavy atom. The van der Waals surface area contributed by atoms with E-state index in [1.165, 1.54) is 18.4 Å². The van der Waals surface area contributed by atoms with Gasteiger partial charge in [-0.1, -0.05) is 25.0 Å². The number of likely N-dealkylation sites (tertiary alicyclic amines) is 1. The number of aromatic amines is 1. The first-order valence-electron chi connectivity index (χ1n) is 12.8. The number of aryl methyl sites for hydroxylation is 1. The van der Waals surface area contributed by atoms with Gasteiger partial charge < -0.3 is 15.2 Å². The molecule has 6 heteroatoms. The van der Waals surface area contributed by atoms with Crippen molar-refractivity contribution in [1.82, 2.24) is 9.88 Å². The van der Waals surface area contributed by atoms with Crippen LogP contribution in [0.5, 0.6) is 0 Å². The highest BCUT2D eigenvalue weighted by molar-refractivity contribution is 5.95. The minimum atomic E-state index is -0.0393. The van der Waals surface area contributed by atoms with E-state index in [0.717, 1.165) is 60.9 Å². The van der Waals surface area contributed by atoms with E-state index in [-0.39, 0.29) is 11.8 Å². The Hall–Kier alpha value is -3.59. The highest BCUT2D eigenvalue weighted by atomic mass is 16.2. The SMILES string of the molecule is N#Cc1cccc(CCC(=O)Nc2ccc3[nH]cc(C4CCN(C(=O)C5CCCC5)CC4)c3c2)c1. The molecule has 1 aliphatic heterocycles. The van der Waals surface area contributed by atoms with E-state index in [0.29, 0.717) is 30.2 Å². The molecule has 0 bridgehead atoms. The lowest BCUT2D eigenvalue weighted by atomic mass is 9.88. The van der Waals surface area contributed by atoms with Crippen molar-refractivity contribution in [3.63, 3.8) is 0 Å². The highest BCUT2D eigenvalue weighted by Gasteiger charge is 2.31. The fraction of sp³-hybridized carbons (Fsp3) is 0.414. The Kier molecular flexibility index (Phi) is 6.85. The summed E-state index contributed by atoms with van der Waals surface area (Å²) in [6.45, 7) is 1.66.